The molecule has 1 aromatic heterocycles. The average Bonchev–Trinajstić information content (AvgIpc) is 3.22. The van der Waals surface area contributed by atoms with E-state index in [0.717, 1.165) is 12.0 Å². The number of carbonyl (C=O) groups excluding carboxylic acids is 3. The lowest BCUT2D eigenvalue weighted by atomic mass is 9.98. The molecule has 8 nitrogen and oxygen atoms in total. The highest BCUT2D eigenvalue weighted by atomic mass is 35.5. The Labute approximate surface area is 185 Å². The maximum absolute atomic E-state index is 13.0. The molecular weight excluding hydrogens is 420 g/mol. The summed E-state index contributed by atoms with van der Waals surface area (Å²) in [5, 5.41) is 5.03. The quantitative estimate of drug-likeness (QED) is 0.662. The molecule has 2 amide bonds. The molecule has 1 saturated heterocycles. The molecule has 0 aliphatic carbocycles. The van der Waals surface area contributed by atoms with Gasteiger partial charge in [0.25, 0.3) is 11.8 Å². The molecule has 1 fully saturated rings. The van der Waals surface area contributed by atoms with Gasteiger partial charge >= 0.3 is 5.97 Å². The van der Waals surface area contributed by atoms with Crippen molar-refractivity contribution in [3.05, 3.63) is 52.3 Å². The largest absolute Gasteiger partial charge is 0.466 e. The van der Waals surface area contributed by atoms with E-state index in [0.29, 0.717) is 56.5 Å². The van der Waals surface area contributed by atoms with E-state index in [4.69, 9.17) is 16.3 Å². The zero-order chi connectivity index (χ0) is 22.0. The smallest absolute Gasteiger partial charge is 0.310 e. The molecule has 164 valence electrons. The molecular formula is C22H25ClN4O4. The number of hydrogen-bond acceptors (Lipinski definition) is 5. The lowest BCUT2D eigenvalue weighted by Crippen LogP contribution is -2.43. The van der Waals surface area contributed by atoms with Crippen LogP contribution in [0.25, 0.3) is 0 Å². The van der Waals surface area contributed by atoms with Crippen molar-refractivity contribution in [3.8, 4) is 0 Å². The zero-order valence-corrected chi connectivity index (χ0v) is 18.2. The summed E-state index contributed by atoms with van der Waals surface area (Å²) in [4.78, 5) is 41.4. The Hall–Kier alpha value is -2.87. The first-order chi connectivity index (χ1) is 15.0. The van der Waals surface area contributed by atoms with Crippen molar-refractivity contribution >= 4 is 29.4 Å². The molecule has 0 bridgehead atoms. The van der Waals surface area contributed by atoms with Crippen molar-refractivity contribution in [2.75, 3.05) is 26.2 Å². The summed E-state index contributed by atoms with van der Waals surface area (Å²) in [5.41, 5.74) is 1.63. The van der Waals surface area contributed by atoms with Crippen LogP contribution in [0.1, 0.15) is 46.3 Å². The fraction of sp³-hybridized carbons (Fsp3) is 0.455. The van der Waals surface area contributed by atoms with Crippen molar-refractivity contribution in [2.45, 2.75) is 32.9 Å². The van der Waals surface area contributed by atoms with Crippen LogP contribution in [0.4, 0.5) is 0 Å². The average molecular weight is 445 g/mol. The summed E-state index contributed by atoms with van der Waals surface area (Å²) in [6.45, 7) is 4.48. The summed E-state index contributed by atoms with van der Waals surface area (Å²) in [6.07, 6.45) is 1.44. The fourth-order valence-corrected chi connectivity index (χ4v) is 4.21. The molecule has 2 aromatic rings. The zero-order valence-electron chi connectivity index (χ0n) is 17.4. The molecule has 1 atom stereocenters. The third kappa shape index (κ3) is 4.58. The van der Waals surface area contributed by atoms with Gasteiger partial charge in [0.1, 0.15) is 5.69 Å². The summed E-state index contributed by atoms with van der Waals surface area (Å²) >= 11 is 5.93. The van der Waals surface area contributed by atoms with Crippen molar-refractivity contribution in [1.82, 2.24) is 19.6 Å². The Bertz CT molecular complexity index is 988. The standard InChI is InChI=1S/C22H25ClN4O4/c1-2-31-22(30)16-4-3-9-25(14-16)20(28)18-12-19-21(29)26(10-11-27(19)24-18)13-15-5-7-17(23)8-6-15/h5-8,12,16H,2-4,9-11,13-14H2,1H3. The van der Waals surface area contributed by atoms with Gasteiger partial charge in [-0.1, -0.05) is 23.7 Å². The van der Waals surface area contributed by atoms with Crippen molar-refractivity contribution in [1.29, 1.82) is 0 Å². The maximum Gasteiger partial charge on any atom is 0.310 e. The van der Waals surface area contributed by atoms with Crippen molar-refractivity contribution in [2.24, 2.45) is 5.92 Å². The van der Waals surface area contributed by atoms with Crippen LogP contribution in [-0.4, -0.2) is 63.6 Å². The van der Waals surface area contributed by atoms with E-state index in [1.54, 1.807) is 39.6 Å². The second kappa shape index (κ2) is 9.09. The van der Waals surface area contributed by atoms with Gasteiger partial charge in [-0.15, -0.1) is 0 Å². The van der Waals surface area contributed by atoms with E-state index >= 15 is 0 Å². The summed E-state index contributed by atoms with van der Waals surface area (Å²) < 4.78 is 6.71. The van der Waals surface area contributed by atoms with Crippen LogP contribution < -0.4 is 0 Å². The first-order valence-corrected chi connectivity index (χ1v) is 10.9. The molecule has 0 spiro atoms. The lowest BCUT2D eigenvalue weighted by Gasteiger charge is -2.31. The van der Waals surface area contributed by atoms with Crippen LogP contribution in [0.5, 0.6) is 0 Å². The number of benzene rings is 1. The number of fused-ring (bicyclic) bond motifs is 1. The lowest BCUT2D eigenvalue weighted by molar-refractivity contribution is -0.149. The number of likely N-dealkylation sites (tertiary alicyclic amines) is 1. The summed E-state index contributed by atoms with van der Waals surface area (Å²) in [7, 11) is 0. The van der Waals surface area contributed by atoms with E-state index < -0.39 is 0 Å². The highest BCUT2D eigenvalue weighted by molar-refractivity contribution is 6.30. The van der Waals surface area contributed by atoms with Gasteiger partial charge in [0.05, 0.1) is 19.1 Å². The van der Waals surface area contributed by atoms with Crippen LogP contribution in [0.15, 0.2) is 30.3 Å². The highest BCUT2D eigenvalue weighted by Gasteiger charge is 2.33. The molecule has 1 unspecified atom stereocenters. The molecule has 4 rings (SSSR count). The predicted molar refractivity (Wildman–Crippen MR) is 114 cm³/mol. The Morgan fingerprint density at radius 3 is 2.71 bits per heavy atom. The fourth-order valence-electron chi connectivity index (χ4n) is 4.08. The maximum atomic E-state index is 13.0. The SMILES string of the molecule is CCOC(=O)C1CCCN(C(=O)c2cc3n(n2)CCN(Cc2ccc(Cl)cc2)C3=O)C1. The van der Waals surface area contributed by atoms with Gasteiger partial charge in [-0.3, -0.25) is 19.1 Å². The number of carbonyl (C=O) groups is 3. The predicted octanol–water partition coefficient (Wildman–Crippen LogP) is 2.61. The second-order valence-electron chi connectivity index (χ2n) is 7.83. The topological polar surface area (TPSA) is 84.7 Å². The molecule has 3 heterocycles. The minimum atomic E-state index is -0.314. The van der Waals surface area contributed by atoms with Gasteiger partial charge in [-0.05, 0) is 37.5 Å². The third-order valence-corrected chi connectivity index (χ3v) is 5.95. The van der Waals surface area contributed by atoms with Gasteiger partial charge < -0.3 is 14.5 Å². The number of nitrogens with zero attached hydrogens (tertiary/aromatic N) is 4. The summed E-state index contributed by atoms with van der Waals surface area (Å²) in [5.74, 6) is -0.993. The van der Waals surface area contributed by atoms with Crippen LogP contribution in [0, 0.1) is 5.92 Å². The van der Waals surface area contributed by atoms with Gasteiger partial charge in [0, 0.05) is 37.3 Å². The van der Waals surface area contributed by atoms with Gasteiger partial charge in [-0.2, -0.15) is 5.10 Å². The summed E-state index contributed by atoms with van der Waals surface area (Å²) in [6, 6.07) is 8.95. The van der Waals surface area contributed by atoms with E-state index in [2.05, 4.69) is 5.10 Å². The number of rotatable bonds is 5. The van der Waals surface area contributed by atoms with Gasteiger partial charge in [0.2, 0.25) is 0 Å². The van der Waals surface area contributed by atoms with Crippen molar-refractivity contribution in [3.63, 3.8) is 0 Å². The van der Waals surface area contributed by atoms with Crippen LogP contribution >= 0.6 is 11.6 Å². The van der Waals surface area contributed by atoms with Gasteiger partial charge in [-0.25, -0.2) is 0 Å². The number of ether oxygens (including phenoxy) is 1. The monoisotopic (exact) mass is 444 g/mol. The number of hydrogen-bond donors (Lipinski definition) is 0. The van der Waals surface area contributed by atoms with Gasteiger partial charge in [0.15, 0.2) is 5.69 Å². The van der Waals surface area contributed by atoms with Crippen LogP contribution in [-0.2, 0) is 22.6 Å². The molecule has 2 aliphatic heterocycles. The number of halogens is 1. The number of piperidine rings is 1. The molecule has 9 heteroatoms. The van der Waals surface area contributed by atoms with E-state index in [1.165, 1.54) is 0 Å². The third-order valence-electron chi connectivity index (χ3n) is 5.70. The Kier molecular flexibility index (Phi) is 6.27. The normalized spacial score (nSPS) is 18.6. The number of amides is 2. The van der Waals surface area contributed by atoms with E-state index in [1.807, 2.05) is 12.1 Å². The Morgan fingerprint density at radius 2 is 1.97 bits per heavy atom. The molecule has 2 aliphatic rings. The Morgan fingerprint density at radius 1 is 1.19 bits per heavy atom. The number of aromatic nitrogens is 2. The molecule has 1 aromatic carbocycles. The minimum absolute atomic E-state index is 0.157. The van der Waals surface area contributed by atoms with Crippen LogP contribution in [0.3, 0.4) is 0 Å². The molecule has 0 N–H and O–H groups in total. The highest BCUT2D eigenvalue weighted by Crippen LogP contribution is 2.22. The first-order valence-electron chi connectivity index (χ1n) is 10.5. The van der Waals surface area contributed by atoms with Crippen molar-refractivity contribution < 1.29 is 19.1 Å². The molecule has 0 saturated carbocycles. The molecule has 31 heavy (non-hydrogen) atoms. The van der Waals surface area contributed by atoms with E-state index in [-0.39, 0.29) is 29.4 Å². The minimum Gasteiger partial charge on any atom is -0.466 e. The number of esters is 1. The second-order valence-corrected chi connectivity index (χ2v) is 8.27. The Balaban J connectivity index is 1.45. The van der Waals surface area contributed by atoms with Crippen LogP contribution in [0.2, 0.25) is 5.02 Å². The van der Waals surface area contributed by atoms with E-state index in [9.17, 15) is 14.4 Å². The first kappa shape index (κ1) is 21.4. The molecule has 0 radical (unpaired) electrons.